The summed E-state index contributed by atoms with van der Waals surface area (Å²) in [5.74, 6) is -0.614. The van der Waals surface area contributed by atoms with Gasteiger partial charge in [-0.15, -0.1) is 0 Å². The zero-order chi connectivity index (χ0) is 15.8. The van der Waals surface area contributed by atoms with Gasteiger partial charge in [-0.25, -0.2) is 0 Å². The lowest BCUT2D eigenvalue weighted by atomic mass is 10.0. The van der Waals surface area contributed by atoms with E-state index >= 15 is 0 Å². The van der Waals surface area contributed by atoms with Crippen LogP contribution in [0.2, 0.25) is 0 Å². The summed E-state index contributed by atoms with van der Waals surface area (Å²) in [6.07, 6.45) is -4.96. The van der Waals surface area contributed by atoms with E-state index in [1.165, 1.54) is 17.0 Å². The van der Waals surface area contributed by atoms with Gasteiger partial charge in [0.1, 0.15) is 0 Å². The molecular weight excluding hydrogens is 351 g/mol. The summed E-state index contributed by atoms with van der Waals surface area (Å²) in [5, 5.41) is 0. The minimum Gasteiger partial charge on any atom is -0.372 e. The fourth-order valence-electron chi connectivity index (χ4n) is 2.45. The maximum absolute atomic E-state index is 13.1. The molecule has 1 fully saturated rings. The van der Waals surface area contributed by atoms with Crippen molar-refractivity contribution < 1.29 is 22.7 Å². The molecule has 3 nitrogen and oxygen atoms in total. The van der Waals surface area contributed by atoms with Gasteiger partial charge >= 0.3 is 6.18 Å². The van der Waals surface area contributed by atoms with Crippen molar-refractivity contribution in [3.05, 3.63) is 33.8 Å². The summed E-state index contributed by atoms with van der Waals surface area (Å²) in [6, 6.07) is 3.58. The van der Waals surface area contributed by atoms with E-state index < -0.39 is 17.6 Å². The van der Waals surface area contributed by atoms with Crippen molar-refractivity contribution in [3.8, 4) is 0 Å². The third-order valence-electron chi connectivity index (χ3n) is 3.22. The molecule has 21 heavy (non-hydrogen) atoms. The van der Waals surface area contributed by atoms with E-state index in [0.29, 0.717) is 0 Å². The van der Waals surface area contributed by atoms with Crippen LogP contribution in [0, 0.1) is 0 Å². The number of ether oxygens (including phenoxy) is 1. The summed E-state index contributed by atoms with van der Waals surface area (Å²) < 4.78 is 45.1. The molecule has 0 bridgehead atoms. The van der Waals surface area contributed by atoms with Crippen molar-refractivity contribution in [2.45, 2.75) is 32.2 Å². The summed E-state index contributed by atoms with van der Waals surface area (Å²) in [6.45, 7) is 4.16. The third-order valence-corrected chi connectivity index (χ3v) is 3.72. The monoisotopic (exact) mass is 365 g/mol. The second kappa shape index (κ2) is 5.96. The van der Waals surface area contributed by atoms with Gasteiger partial charge in [-0.05, 0) is 32.0 Å². The maximum Gasteiger partial charge on any atom is 0.417 e. The summed E-state index contributed by atoms with van der Waals surface area (Å²) >= 11 is 3.01. The molecule has 1 aliphatic heterocycles. The maximum atomic E-state index is 13.1. The highest BCUT2D eigenvalue weighted by molar-refractivity contribution is 9.10. The number of nitrogens with zero attached hydrogens (tertiary/aromatic N) is 1. The van der Waals surface area contributed by atoms with Gasteiger partial charge in [-0.2, -0.15) is 13.2 Å². The highest BCUT2D eigenvalue weighted by Gasteiger charge is 2.37. The molecule has 0 spiro atoms. The Morgan fingerprint density at radius 1 is 1.29 bits per heavy atom. The van der Waals surface area contributed by atoms with Gasteiger partial charge in [-0.3, -0.25) is 4.79 Å². The topological polar surface area (TPSA) is 29.5 Å². The van der Waals surface area contributed by atoms with Crippen molar-refractivity contribution in [2.24, 2.45) is 0 Å². The van der Waals surface area contributed by atoms with Crippen LogP contribution in [0.3, 0.4) is 0 Å². The molecule has 0 saturated carbocycles. The van der Waals surface area contributed by atoms with Gasteiger partial charge < -0.3 is 9.64 Å². The van der Waals surface area contributed by atoms with E-state index in [1.807, 2.05) is 0 Å². The van der Waals surface area contributed by atoms with Crippen LogP contribution in [0.25, 0.3) is 0 Å². The van der Waals surface area contributed by atoms with E-state index in [-0.39, 0.29) is 35.3 Å². The standard InChI is InChI=1S/C14H15BrF3NO2/c1-8-6-19(7-9(2)21-8)13(20)11-4-3-10(15)5-12(11)14(16,17)18/h3-5,8-9H,6-7H2,1-2H3/t8-,9+. The molecule has 1 amide bonds. The van der Waals surface area contributed by atoms with Crippen LogP contribution in [0.1, 0.15) is 29.8 Å². The highest BCUT2D eigenvalue weighted by atomic mass is 79.9. The minimum atomic E-state index is -4.57. The first-order valence-corrected chi connectivity index (χ1v) is 7.29. The number of alkyl halides is 3. The molecule has 1 heterocycles. The van der Waals surface area contributed by atoms with Gasteiger partial charge in [0.15, 0.2) is 0 Å². The van der Waals surface area contributed by atoms with Crippen LogP contribution < -0.4 is 0 Å². The smallest absolute Gasteiger partial charge is 0.372 e. The number of hydrogen-bond donors (Lipinski definition) is 0. The number of benzene rings is 1. The number of carbonyl (C=O) groups excluding carboxylic acids is 1. The summed E-state index contributed by atoms with van der Waals surface area (Å²) in [7, 11) is 0. The molecule has 0 aliphatic carbocycles. The normalized spacial score (nSPS) is 23.2. The molecule has 2 atom stereocenters. The lowest BCUT2D eigenvalue weighted by Crippen LogP contribution is -2.48. The Kier molecular flexibility index (Phi) is 4.63. The van der Waals surface area contributed by atoms with Gasteiger partial charge in [0, 0.05) is 17.6 Å². The largest absolute Gasteiger partial charge is 0.417 e. The number of morpholine rings is 1. The molecule has 1 aromatic rings. The average Bonchev–Trinajstić information content (AvgIpc) is 2.35. The van der Waals surface area contributed by atoms with Crippen LogP contribution >= 0.6 is 15.9 Å². The molecule has 1 aliphatic rings. The molecule has 1 aromatic carbocycles. The lowest BCUT2D eigenvalue weighted by Gasteiger charge is -2.35. The van der Waals surface area contributed by atoms with Crippen LogP contribution in [0.4, 0.5) is 13.2 Å². The first-order chi connectivity index (χ1) is 9.68. The molecule has 0 N–H and O–H groups in total. The van der Waals surface area contributed by atoms with E-state index in [4.69, 9.17) is 4.74 Å². The Morgan fingerprint density at radius 2 is 1.86 bits per heavy atom. The van der Waals surface area contributed by atoms with Crippen LogP contribution in [-0.2, 0) is 10.9 Å². The number of amides is 1. The Labute approximate surface area is 129 Å². The van der Waals surface area contributed by atoms with E-state index in [2.05, 4.69) is 15.9 Å². The predicted molar refractivity (Wildman–Crippen MR) is 75.1 cm³/mol. The van der Waals surface area contributed by atoms with E-state index in [9.17, 15) is 18.0 Å². The minimum absolute atomic E-state index is 0.192. The number of rotatable bonds is 1. The molecule has 0 radical (unpaired) electrons. The molecule has 0 aromatic heterocycles. The first kappa shape index (κ1) is 16.3. The van der Waals surface area contributed by atoms with E-state index in [1.54, 1.807) is 13.8 Å². The molecule has 7 heteroatoms. The second-order valence-corrected chi connectivity index (χ2v) is 6.07. The quantitative estimate of drug-likeness (QED) is 0.758. The Hall–Kier alpha value is -1.08. The molecule has 2 rings (SSSR count). The first-order valence-electron chi connectivity index (χ1n) is 6.50. The van der Waals surface area contributed by atoms with Crippen LogP contribution in [0.5, 0.6) is 0 Å². The van der Waals surface area contributed by atoms with E-state index in [0.717, 1.165) is 6.07 Å². The molecule has 1 saturated heterocycles. The average molecular weight is 366 g/mol. The van der Waals surface area contributed by atoms with Crippen molar-refractivity contribution in [1.82, 2.24) is 4.90 Å². The number of carbonyl (C=O) groups is 1. The van der Waals surface area contributed by atoms with Gasteiger partial charge in [0.05, 0.1) is 23.3 Å². The van der Waals surface area contributed by atoms with Crippen molar-refractivity contribution in [1.29, 1.82) is 0 Å². The molecule has 116 valence electrons. The van der Waals surface area contributed by atoms with Crippen molar-refractivity contribution in [2.75, 3.05) is 13.1 Å². The van der Waals surface area contributed by atoms with Crippen LogP contribution in [-0.4, -0.2) is 36.1 Å². The second-order valence-electron chi connectivity index (χ2n) is 5.16. The Morgan fingerprint density at radius 3 is 2.38 bits per heavy atom. The SMILES string of the molecule is C[C@@H]1CN(C(=O)c2ccc(Br)cc2C(F)(F)F)C[C@H](C)O1. The summed E-state index contributed by atoms with van der Waals surface area (Å²) in [4.78, 5) is 13.8. The molecular formula is C14H15BrF3NO2. The van der Waals surface area contributed by atoms with Gasteiger partial charge in [-0.1, -0.05) is 15.9 Å². The Bertz CT molecular complexity index is 538. The highest BCUT2D eigenvalue weighted by Crippen LogP contribution is 2.34. The predicted octanol–water partition coefficient (Wildman–Crippen LogP) is 3.72. The zero-order valence-corrected chi connectivity index (χ0v) is 13.2. The fourth-order valence-corrected chi connectivity index (χ4v) is 2.81. The van der Waals surface area contributed by atoms with Crippen molar-refractivity contribution >= 4 is 21.8 Å². The zero-order valence-electron chi connectivity index (χ0n) is 11.6. The lowest BCUT2D eigenvalue weighted by molar-refractivity contribution is -0.138. The molecule has 0 unspecified atom stereocenters. The third kappa shape index (κ3) is 3.77. The number of halogens is 4. The van der Waals surface area contributed by atoms with Gasteiger partial charge in [0.2, 0.25) is 0 Å². The number of hydrogen-bond acceptors (Lipinski definition) is 2. The summed E-state index contributed by atoms with van der Waals surface area (Å²) in [5.41, 5.74) is -1.25. The fraction of sp³-hybridized carbons (Fsp3) is 0.500. The Balaban J connectivity index is 2.35. The van der Waals surface area contributed by atoms with Gasteiger partial charge in [0.25, 0.3) is 5.91 Å². The van der Waals surface area contributed by atoms with Crippen molar-refractivity contribution in [3.63, 3.8) is 0 Å². The van der Waals surface area contributed by atoms with Crippen LogP contribution in [0.15, 0.2) is 22.7 Å².